The van der Waals surface area contributed by atoms with Gasteiger partial charge in [-0.3, -0.25) is 0 Å². The zero-order valence-corrected chi connectivity index (χ0v) is 12.5. The van der Waals surface area contributed by atoms with Crippen molar-refractivity contribution in [3.05, 3.63) is 5.28 Å². The Kier molecular flexibility index (Phi) is 4.80. The topological polar surface area (TPSA) is 51.1 Å². The maximum absolute atomic E-state index is 5.92. The van der Waals surface area contributed by atoms with E-state index in [1.807, 2.05) is 6.92 Å². The molecule has 0 radical (unpaired) electrons. The summed E-state index contributed by atoms with van der Waals surface area (Å²) in [6.07, 6.45) is 2.34. The molecule has 0 aromatic carbocycles. The first-order valence-electron chi connectivity index (χ1n) is 6.89. The van der Waals surface area contributed by atoms with Crippen LogP contribution in [-0.2, 0) is 0 Å². The molecule has 0 aliphatic carbocycles. The van der Waals surface area contributed by atoms with Crippen molar-refractivity contribution in [3.63, 3.8) is 0 Å². The Labute approximate surface area is 119 Å². The molecular formula is C13H21ClN4O. The lowest BCUT2D eigenvalue weighted by molar-refractivity contribution is 0.302. The number of hydrogen-bond donors (Lipinski definition) is 0. The van der Waals surface area contributed by atoms with E-state index in [4.69, 9.17) is 16.3 Å². The van der Waals surface area contributed by atoms with Gasteiger partial charge in [-0.2, -0.15) is 15.0 Å². The molecule has 0 saturated carbocycles. The summed E-state index contributed by atoms with van der Waals surface area (Å²) in [5.74, 6) is 2.16. The molecule has 1 aromatic heterocycles. The highest BCUT2D eigenvalue weighted by atomic mass is 35.5. The van der Waals surface area contributed by atoms with Gasteiger partial charge in [0.05, 0.1) is 6.61 Å². The molecule has 1 aromatic rings. The van der Waals surface area contributed by atoms with Gasteiger partial charge in [0.25, 0.3) is 0 Å². The van der Waals surface area contributed by atoms with Crippen molar-refractivity contribution >= 4 is 17.5 Å². The molecule has 1 saturated heterocycles. The highest BCUT2D eigenvalue weighted by molar-refractivity contribution is 6.28. The minimum absolute atomic E-state index is 0.194. The first kappa shape index (κ1) is 14.3. The minimum Gasteiger partial charge on any atom is -0.464 e. The fourth-order valence-electron chi connectivity index (χ4n) is 2.42. The number of rotatable bonds is 4. The fraction of sp³-hybridized carbons (Fsp3) is 0.769. The predicted molar refractivity (Wildman–Crippen MR) is 75.8 cm³/mol. The lowest BCUT2D eigenvalue weighted by Crippen LogP contribution is -2.36. The Hall–Kier alpha value is -1.10. The summed E-state index contributed by atoms with van der Waals surface area (Å²) in [7, 11) is 0. The van der Waals surface area contributed by atoms with Crippen LogP contribution in [0.25, 0.3) is 0 Å². The molecule has 0 bridgehead atoms. The number of piperidine rings is 1. The Balaban J connectivity index is 2.06. The minimum atomic E-state index is 0.194. The number of halogens is 1. The van der Waals surface area contributed by atoms with E-state index in [9.17, 15) is 0 Å². The Bertz CT molecular complexity index is 419. The molecule has 0 N–H and O–H groups in total. The number of anilines is 1. The van der Waals surface area contributed by atoms with Crippen LogP contribution in [0.5, 0.6) is 6.01 Å². The van der Waals surface area contributed by atoms with Crippen molar-refractivity contribution < 1.29 is 4.74 Å². The SMILES string of the molecule is CCOc1nc(Cl)nc(N2CCC(C(C)C)CC2)n1. The molecule has 0 amide bonds. The molecule has 1 aliphatic rings. The van der Waals surface area contributed by atoms with Gasteiger partial charge in [0, 0.05) is 13.1 Å². The van der Waals surface area contributed by atoms with E-state index in [0.29, 0.717) is 18.6 Å². The van der Waals surface area contributed by atoms with Gasteiger partial charge in [-0.25, -0.2) is 0 Å². The Morgan fingerprint density at radius 2 is 1.95 bits per heavy atom. The monoisotopic (exact) mass is 284 g/mol. The highest BCUT2D eigenvalue weighted by Crippen LogP contribution is 2.27. The standard InChI is InChI=1S/C13H21ClN4O/c1-4-19-13-16-11(14)15-12(17-13)18-7-5-10(6-8-18)9(2)3/h9-10H,4-8H2,1-3H3. The average Bonchev–Trinajstić information content (AvgIpc) is 2.38. The second-order valence-electron chi connectivity index (χ2n) is 5.19. The maximum Gasteiger partial charge on any atom is 0.322 e. The zero-order valence-electron chi connectivity index (χ0n) is 11.8. The van der Waals surface area contributed by atoms with Gasteiger partial charge in [-0.1, -0.05) is 13.8 Å². The van der Waals surface area contributed by atoms with Crippen LogP contribution in [-0.4, -0.2) is 34.6 Å². The summed E-state index contributed by atoms with van der Waals surface area (Å²) >= 11 is 5.92. The summed E-state index contributed by atoms with van der Waals surface area (Å²) in [6.45, 7) is 8.92. The third-order valence-corrected chi connectivity index (χ3v) is 3.78. The van der Waals surface area contributed by atoms with Crippen LogP contribution in [0.4, 0.5) is 5.95 Å². The first-order valence-corrected chi connectivity index (χ1v) is 7.27. The van der Waals surface area contributed by atoms with Gasteiger partial charge in [0.15, 0.2) is 0 Å². The fourth-order valence-corrected chi connectivity index (χ4v) is 2.57. The number of nitrogens with zero attached hydrogens (tertiary/aromatic N) is 4. The molecule has 1 aliphatic heterocycles. The number of ether oxygens (including phenoxy) is 1. The van der Waals surface area contributed by atoms with E-state index in [2.05, 4.69) is 33.7 Å². The lowest BCUT2D eigenvalue weighted by Gasteiger charge is -2.33. The normalized spacial score (nSPS) is 17.0. The van der Waals surface area contributed by atoms with E-state index in [0.717, 1.165) is 24.9 Å². The summed E-state index contributed by atoms with van der Waals surface area (Å²) in [5, 5.41) is 0.194. The number of aromatic nitrogens is 3. The number of hydrogen-bond acceptors (Lipinski definition) is 5. The van der Waals surface area contributed by atoms with Crippen LogP contribution >= 0.6 is 11.6 Å². The maximum atomic E-state index is 5.92. The van der Waals surface area contributed by atoms with Crippen molar-refractivity contribution in [2.45, 2.75) is 33.6 Å². The molecule has 1 fully saturated rings. The van der Waals surface area contributed by atoms with Crippen molar-refractivity contribution in [1.29, 1.82) is 0 Å². The molecule has 5 nitrogen and oxygen atoms in total. The summed E-state index contributed by atoms with van der Waals surface area (Å²) in [4.78, 5) is 14.6. The Morgan fingerprint density at radius 1 is 1.26 bits per heavy atom. The van der Waals surface area contributed by atoms with E-state index >= 15 is 0 Å². The van der Waals surface area contributed by atoms with Crippen molar-refractivity contribution in [2.75, 3.05) is 24.6 Å². The van der Waals surface area contributed by atoms with Gasteiger partial charge in [0.2, 0.25) is 11.2 Å². The smallest absolute Gasteiger partial charge is 0.322 e. The van der Waals surface area contributed by atoms with Crippen LogP contribution in [0, 0.1) is 11.8 Å². The molecule has 0 spiro atoms. The zero-order chi connectivity index (χ0) is 13.8. The average molecular weight is 285 g/mol. The summed E-state index contributed by atoms with van der Waals surface area (Å²) in [5.41, 5.74) is 0. The molecule has 106 valence electrons. The van der Waals surface area contributed by atoms with Crippen LogP contribution in [0.3, 0.4) is 0 Å². The van der Waals surface area contributed by atoms with Gasteiger partial charge >= 0.3 is 6.01 Å². The van der Waals surface area contributed by atoms with Crippen molar-refractivity contribution in [1.82, 2.24) is 15.0 Å². The lowest BCUT2D eigenvalue weighted by atomic mass is 9.87. The quantitative estimate of drug-likeness (QED) is 0.851. The second-order valence-corrected chi connectivity index (χ2v) is 5.53. The summed E-state index contributed by atoms with van der Waals surface area (Å²) < 4.78 is 5.30. The molecular weight excluding hydrogens is 264 g/mol. The van der Waals surface area contributed by atoms with Crippen LogP contribution in [0.2, 0.25) is 5.28 Å². The van der Waals surface area contributed by atoms with E-state index in [1.54, 1.807) is 0 Å². The van der Waals surface area contributed by atoms with Crippen LogP contribution in [0.1, 0.15) is 33.6 Å². The van der Waals surface area contributed by atoms with Crippen LogP contribution < -0.4 is 9.64 Å². The molecule has 2 rings (SSSR count). The second kappa shape index (κ2) is 6.37. The Morgan fingerprint density at radius 3 is 2.53 bits per heavy atom. The molecule has 0 atom stereocenters. The van der Waals surface area contributed by atoms with Gasteiger partial charge in [0.1, 0.15) is 0 Å². The van der Waals surface area contributed by atoms with Gasteiger partial charge < -0.3 is 9.64 Å². The van der Waals surface area contributed by atoms with E-state index in [1.165, 1.54) is 12.8 Å². The largest absolute Gasteiger partial charge is 0.464 e. The van der Waals surface area contributed by atoms with Gasteiger partial charge in [-0.05, 0) is 43.2 Å². The molecule has 0 unspecified atom stereocenters. The van der Waals surface area contributed by atoms with E-state index in [-0.39, 0.29) is 5.28 Å². The molecule has 19 heavy (non-hydrogen) atoms. The van der Waals surface area contributed by atoms with E-state index < -0.39 is 0 Å². The highest BCUT2D eigenvalue weighted by Gasteiger charge is 2.23. The van der Waals surface area contributed by atoms with Crippen LogP contribution in [0.15, 0.2) is 0 Å². The first-order chi connectivity index (χ1) is 9.10. The predicted octanol–water partition coefficient (Wildman–Crippen LogP) is 2.80. The molecule has 2 heterocycles. The third kappa shape index (κ3) is 3.69. The third-order valence-electron chi connectivity index (χ3n) is 3.61. The summed E-state index contributed by atoms with van der Waals surface area (Å²) in [6, 6.07) is 0.309. The van der Waals surface area contributed by atoms with Gasteiger partial charge in [-0.15, -0.1) is 0 Å². The molecule has 6 heteroatoms. The van der Waals surface area contributed by atoms with Crippen molar-refractivity contribution in [2.24, 2.45) is 11.8 Å². The van der Waals surface area contributed by atoms with Crippen molar-refractivity contribution in [3.8, 4) is 6.01 Å².